The Hall–Kier alpha value is -3.89. The molecule has 0 spiro atoms. The van der Waals surface area contributed by atoms with Crippen LogP contribution in [-0.4, -0.2) is 37.0 Å². The number of aryl methyl sites for hydroxylation is 1. The van der Waals surface area contributed by atoms with Crippen molar-refractivity contribution in [3.63, 3.8) is 0 Å². The predicted molar refractivity (Wildman–Crippen MR) is 134 cm³/mol. The molecule has 0 aromatic carbocycles. The molecule has 1 aliphatic rings. The van der Waals surface area contributed by atoms with Crippen LogP contribution in [0.4, 0.5) is 19.0 Å². The molecule has 4 aromatic rings. The molecule has 1 aliphatic carbocycles. The molecule has 11 heteroatoms. The maximum absolute atomic E-state index is 13.3. The number of nitrogens with zero attached hydrogens (tertiary/aromatic N) is 5. The average molecular weight is 513 g/mol. The largest absolute Gasteiger partial charge is 0.488 e. The molecule has 0 bridgehead atoms. The zero-order valence-corrected chi connectivity index (χ0v) is 20.5. The number of aromatic nitrogens is 5. The summed E-state index contributed by atoms with van der Waals surface area (Å²) in [6.45, 7) is 2.70. The zero-order valence-electron chi connectivity index (χ0n) is 20.5. The molecule has 0 radical (unpaired) electrons. The first-order valence-electron chi connectivity index (χ1n) is 12.2. The second kappa shape index (κ2) is 9.87. The summed E-state index contributed by atoms with van der Waals surface area (Å²) in [5.41, 5.74) is 1.13. The van der Waals surface area contributed by atoms with Crippen molar-refractivity contribution in [2.45, 2.75) is 50.9 Å². The predicted octanol–water partition coefficient (Wildman–Crippen LogP) is 5.21. The normalized spacial score (nSPS) is 18.2. The lowest BCUT2D eigenvalue weighted by molar-refractivity contribution is -0.143. The van der Waals surface area contributed by atoms with E-state index in [1.165, 1.54) is 16.7 Å². The van der Waals surface area contributed by atoms with Crippen LogP contribution < -0.4 is 15.6 Å². The molecular formula is C26H27F3N6O2. The Bertz CT molecular complexity index is 1470. The van der Waals surface area contributed by atoms with Crippen LogP contribution in [0.5, 0.6) is 5.75 Å². The van der Waals surface area contributed by atoms with Crippen molar-refractivity contribution < 1.29 is 17.9 Å². The number of alkyl halides is 3. The van der Waals surface area contributed by atoms with Gasteiger partial charge in [0.05, 0.1) is 17.7 Å². The molecule has 194 valence electrons. The molecule has 4 heterocycles. The lowest BCUT2D eigenvalue weighted by atomic mass is 9.93. The molecule has 1 N–H and O–H groups in total. The third-order valence-corrected chi connectivity index (χ3v) is 6.65. The highest BCUT2D eigenvalue weighted by atomic mass is 19.4. The van der Waals surface area contributed by atoms with Crippen molar-refractivity contribution in [3.05, 3.63) is 65.0 Å². The summed E-state index contributed by atoms with van der Waals surface area (Å²) in [5, 5.41) is 8.97. The Labute approximate surface area is 211 Å². The molecule has 4 aromatic heterocycles. The van der Waals surface area contributed by atoms with E-state index in [1.54, 1.807) is 25.5 Å². The second-order valence-electron chi connectivity index (χ2n) is 9.17. The number of nitrogens with one attached hydrogen (secondary N) is 1. The maximum Gasteiger partial charge on any atom is 0.437 e. The molecule has 0 aliphatic heterocycles. The van der Waals surface area contributed by atoms with Crippen LogP contribution in [-0.2, 0) is 13.2 Å². The Morgan fingerprint density at radius 1 is 1.14 bits per heavy atom. The van der Waals surface area contributed by atoms with Crippen LogP contribution in [0.2, 0.25) is 0 Å². The van der Waals surface area contributed by atoms with E-state index < -0.39 is 11.9 Å². The topological polar surface area (TPSA) is 86.9 Å². The van der Waals surface area contributed by atoms with Gasteiger partial charge in [-0.2, -0.15) is 18.3 Å². The van der Waals surface area contributed by atoms with Crippen molar-refractivity contribution in [1.29, 1.82) is 0 Å². The van der Waals surface area contributed by atoms with Crippen molar-refractivity contribution in [3.8, 4) is 17.0 Å². The summed E-state index contributed by atoms with van der Waals surface area (Å²) in [6, 6.07) is 8.14. The van der Waals surface area contributed by atoms with Gasteiger partial charge >= 0.3 is 6.18 Å². The molecular weight excluding hydrogens is 485 g/mol. The summed E-state index contributed by atoms with van der Waals surface area (Å²) >= 11 is 0. The summed E-state index contributed by atoms with van der Waals surface area (Å²) in [5.74, 6) is 0.484. The van der Waals surface area contributed by atoms with Gasteiger partial charge in [-0.15, -0.1) is 0 Å². The van der Waals surface area contributed by atoms with Crippen LogP contribution in [0.25, 0.3) is 22.2 Å². The third kappa shape index (κ3) is 5.03. The number of hydrogen-bond acceptors (Lipinski definition) is 6. The number of hydrogen-bond donors (Lipinski definition) is 1. The molecule has 37 heavy (non-hydrogen) atoms. The van der Waals surface area contributed by atoms with Crippen LogP contribution in [0, 0.1) is 0 Å². The third-order valence-electron chi connectivity index (χ3n) is 6.65. The van der Waals surface area contributed by atoms with Crippen molar-refractivity contribution in [2.75, 3.05) is 11.9 Å². The fraction of sp³-hybridized carbons (Fsp3) is 0.385. The first kappa shape index (κ1) is 24.8. The van der Waals surface area contributed by atoms with Gasteiger partial charge in [0, 0.05) is 55.3 Å². The van der Waals surface area contributed by atoms with E-state index >= 15 is 0 Å². The summed E-state index contributed by atoms with van der Waals surface area (Å²) in [4.78, 5) is 20.3. The van der Waals surface area contributed by atoms with Crippen LogP contribution >= 0.6 is 0 Å². The van der Waals surface area contributed by atoms with Crippen molar-refractivity contribution >= 4 is 16.7 Å². The zero-order chi connectivity index (χ0) is 26.2. The molecule has 5 rings (SSSR count). The lowest BCUT2D eigenvalue weighted by Crippen LogP contribution is -2.27. The summed E-state index contributed by atoms with van der Waals surface area (Å²) < 4.78 is 49.2. The lowest BCUT2D eigenvalue weighted by Gasteiger charge is -2.30. The first-order valence-corrected chi connectivity index (χ1v) is 12.2. The van der Waals surface area contributed by atoms with Gasteiger partial charge in [0.15, 0.2) is 11.4 Å². The average Bonchev–Trinajstić information content (AvgIpc) is 3.25. The molecule has 1 saturated carbocycles. The Kier molecular flexibility index (Phi) is 6.61. The van der Waals surface area contributed by atoms with Gasteiger partial charge in [0.1, 0.15) is 11.5 Å². The van der Waals surface area contributed by atoms with Gasteiger partial charge in [-0.25, -0.2) is 9.97 Å². The van der Waals surface area contributed by atoms with Crippen molar-refractivity contribution in [2.24, 2.45) is 7.05 Å². The van der Waals surface area contributed by atoms with Crippen LogP contribution in [0.3, 0.4) is 0 Å². The van der Waals surface area contributed by atoms with E-state index in [0.717, 1.165) is 22.9 Å². The second-order valence-corrected chi connectivity index (χ2v) is 9.17. The molecule has 0 unspecified atom stereocenters. The minimum atomic E-state index is -4.57. The summed E-state index contributed by atoms with van der Waals surface area (Å²) in [6.07, 6.45) is 2.17. The van der Waals surface area contributed by atoms with E-state index in [9.17, 15) is 18.0 Å². The van der Waals surface area contributed by atoms with Gasteiger partial charge in [-0.3, -0.25) is 9.48 Å². The Balaban J connectivity index is 1.43. The smallest absolute Gasteiger partial charge is 0.437 e. The molecule has 1 fully saturated rings. The molecule has 0 amide bonds. The number of rotatable bonds is 6. The molecule has 0 saturated heterocycles. The highest BCUT2D eigenvalue weighted by Gasteiger charge is 2.37. The fourth-order valence-electron chi connectivity index (χ4n) is 4.78. The number of pyridine rings is 3. The molecule has 8 nitrogen and oxygen atoms in total. The number of halogens is 3. The van der Waals surface area contributed by atoms with Crippen LogP contribution in [0.15, 0.2) is 53.7 Å². The summed E-state index contributed by atoms with van der Waals surface area (Å²) in [7, 11) is 1.69. The first-order chi connectivity index (χ1) is 17.7. The van der Waals surface area contributed by atoms with Gasteiger partial charge < -0.3 is 14.6 Å². The molecule has 0 atom stereocenters. The number of fused-ring (bicyclic) bond motifs is 1. The van der Waals surface area contributed by atoms with E-state index in [0.29, 0.717) is 43.5 Å². The van der Waals surface area contributed by atoms with Gasteiger partial charge in [0.2, 0.25) is 0 Å². The Morgan fingerprint density at radius 2 is 1.92 bits per heavy atom. The number of ether oxygens (including phenoxy) is 1. The fourth-order valence-corrected chi connectivity index (χ4v) is 4.78. The quantitative estimate of drug-likeness (QED) is 0.382. The maximum atomic E-state index is 13.3. The van der Waals surface area contributed by atoms with Gasteiger partial charge in [-0.05, 0) is 50.8 Å². The highest BCUT2D eigenvalue weighted by molar-refractivity contribution is 5.93. The van der Waals surface area contributed by atoms with E-state index in [4.69, 9.17) is 9.84 Å². The monoisotopic (exact) mass is 512 g/mol. The minimum absolute atomic E-state index is 0.0236. The van der Waals surface area contributed by atoms with Crippen LogP contribution in [0.1, 0.15) is 44.3 Å². The number of anilines is 1. The van der Waals surface area contributed by atoms with Gasteiger partial charge in [0.25, 0.3) is 5.56 Å². The van der Waals surface area contributed by atoms with Crippen molar-refractivity contribution in [1.82, 2.24) is 24.3 Å². The van der Waals surface area contributed by atoms with E-state index in [-0.39, 0.29) is 23.5 Å². The van der Waals surface area contributed by atoms with E-state index in [1.807, 2.05) is 23.7 Å². The van der Waals surface area contributed by atoms with Gasteiger partial charge in [-0.1, -0.05) is 0 Å². The highest BCUT2D eigenvalue weighted by Crippen LogP contribution is 2.39. The minimum Gasteiger partial charge on any atom is -0.488 e. The standard InChI is InChI=1S/C26H27F3N6O2/c1-3-30-22-14-20-19(15-32-22)24(16-10-12-34(2)23(36)13-16)33-35(20)17-6-8-18(9-7-17)37-21-5-4-11-31-25(21)26(27,28)29/h4-5,10-15,17-18H,3,6-9H2,1-2H3,(H,30,32). The SMILES string of the molecule is CCNc1cc2c(cn1)c(-c1ccn(C)c(=O)c1)nn2C1CCC(Oc2cccnc2C(F)(F)F)CC1. The van der Waals surface area contributed by atoms with E-state index in [2.05, 4.69) is 15.3 Å². The Morgan fingerprint density at radius 3 is 2.62 bits per heavy atom.